The fraction of sp³-hybridized carbons (Fsp3) is 0.316. The Bertz CT molecular complexity index is 861. The van der Waals surface area contributed by atoms with Gasteiger partial charge in [-0.3, -0.25) is 9.59 Å². The van der Waals surface area contributed by atoms with Gasteiger partial charge in [-0.2, -0.15) is 0 Å². The van der Waals surface area contributed by atoms with Crippen molar-refractivity contribution in [2.75, 3.05) is 38.3 Å². The number of ether oxygens (including phenoxy) is 2. The van der Waals surface area contributed by atoms with Crippen molar-refractivity contribution in [2.24, 2.45) is 0 Å². The number of rotatable bonds is 3. The maximum absolute atomic E-state index is 12.6. The number of hydrogen-bond donors (Lipinski definition) is 1. The van der Waals surface area contributed by atoms with E-state index in [1.54, 1.807) is 29.0 Å². The van der Waals surface area contributed by atoms with Crippen molar-refractivity contribution < 1.29 is 19.1 Å². The smallest absolute Gasteiger partial charge is 0.272 e. The third kappa shape index (κ3) is 3.64. The molecule has 2 aromatic rings. The van der Waals surface area contributed by atoms with Gasteiger partial charge in [-0.25, -0.2) is 4.98 Å². The lowest BCUT2D eigenvalue weighted by molar-refractivity contribution is -0.130. The molecule has 0 atom stereocenters. The van der Waals surface area contributed by atoms with Crippen LogP contribution in [0.15, 0.2) is 36.5 Å². The van der Waals surface area contributed by atoms with Gasteiger partial charge in [-0.15, -0.1) is 0 Å². The molecule has 0 bridgehead atoms. The molecule has 1 fully saturated rings. The van der Waals surface area contributed by atoms with Gasteiger partial charge in [0.05, 0.1) is 11.9 Å². The molecule has 4 rings (SSSR count). The van der Waals surface area contributed by atoms with E-state index in [9.17, 15) is 9.59 Å². The molecule has 1 saturated heterocycles. The summed E-state index contributed by atoms with van der Waals surface area (Å²) in [6.45, 7) is 3.95. The highest BCUT2D eigenvalue weighted by atomic mass is 16.7. The number of anilines is 2. The van der Waals surface area contributed by atoms with Crippen molar-refractivity contribution in [3.05, 3.63) is 42.2 Å². The number of nitrogens with one attached hydrogen (secondary N) is 1. The molecule has 0 spiro atoms. The highest BCUT2D eigenvalue weighted by Crippen LogP contribution is 2.35. The van der Waals surface area contributed by atoms with Gasteiger partial charge >= 0.3 is 0 Å². The standard InChI is InChI=1S/C19H20N4O4/c1-13(24)22-6-8-23(9-7-22)19(25)16-4-2-15(11-20-16)21-14-3-5-17-18(10-14)27-12-26-17/h2-5,10-11,21H,6-9,12H2,1H3. The average molecular weight is 368 g/mol. The van der Waals surface area contributed by atoms with Crippen LogP contribution in [0.5, 0.6) is 11.5 Å². The number of aromatic nitrogens is 1. The van der Waals surface area contributed by atoms with Crippen LogP contribution in [0.25, 0.3) is 0 Å². The second-order valence-electron chi connectivity index (χ2n) is 6.42. The fourth-order valence-corrected chi connectivity index (χ4v) is 3.12. The summed E-state index contributed by atoms with van der Waals surface area (Å²) in [5.41, 5.74) is 2.01. The number of hydrogen-bond acceptors (Lipinski definition) is 6. The van der Waals surface area contributed by atoms with E-state index in [2.05, 4.69) is 10.3 Å². The largest absolute Gasteiger partial charge is 0.454 e. The minimum absolute atomic E-state index is 0.0409. The van der Waals surface area contributed by atoms with E-state index in [1.807, 2.05) is 24.3 Å². The maximum atomic E-state index is 12.6. The number of fused-ring (bicyclic) bond motifs is 1. The van der Waals surface area contributed by atoms with Crippen LogP contribution in [-0.2, 0) is 4.79 Å². The maximum Gasteiger partial charge on any atom is 0.272 e. The zero-order valence-corrected chi connectivity index (χ0v) is 15.0. The second-order valence-corrected chi connectivity index (χ2v) is 6.42. The number of pyridine rings is 1. The normalized spacial score (nSPS) is 15.6. The molecule has 0 radical (unpaired) electrons. The molecule has 0 saturated carbocycles. The van der Waals surface area contributed by atoms with Crippen molar-refractivity contribution in [1.29, 1.82) is 0 Å². The predicted molar refractivity (Wildman–Crippen MR) is 98.2 cm³/mol. The van der Waals surface area contributed by atoms with Crippen LogP contribution in [0.4, 0.5) is 11.4 Å². The molecule has 3 heterocycles. The van der Waals surface area contributed by atoms with Crippen LogP contribution in [0.2, 0.25) is 0 Å². The van der Waals surface area contributed by atoms with E-state index >= 15 is 0 Å². The van der Waals surface area contributed by atoms with Crippen molar-refractivity contribution in [1.82, 2.24) is 14.8 Å². The molecule has 8 heteroatoms. The first-order chi connectivity index (χ1) is 13.1. The Morgan fingerprint density at radius 3 is 2.37 bits per heavy atom. The number of amides is 2. The molecule has 2 aliphatic heterocycles. The van der Waals surface area contributed by atoms with E-state index in [4.69, 9.17) is 9.47 Å². The summed E-state index contributed by atoms with van der Waals surface area (Å²) in [4.78, 5) is 31.7. The molecule has 0 aliphatic carbocycles. The van der Waals surface area contributed by atoms with E-state index in [1.165, 1.54) is 0 Å². The van der Waals surface area contributed by atoms with Crippen LogP contribution in [0.1, 0.15) is 17.4 Å². The Morgan fingerprint density at radius 1 is 0.963 bits per heavy atom. The summed E-state index contributed by atoms with van der Waals surface area (Å²) in [6, 6.07) is 9.11. The minimum Gasteiger partial charge on any atom is -0.454 e. The zero-order valence-electron chi connectivity index (χ0n) is 15.0. The molecule has 2 amide bonds. The van der Waals surface area contributed by atoms with Gasteiger partial charge in [-0.05, 0) is 24.3 Å². The molecule has 8 nitrogen and oxygen atoms in total. The number of nitrogens with zero attached hydrogens (tertiary/aromatic N) is 3. The number of carbonyl (C=O) groups excluding carboxylic acids is 2. The van der Waals surface area contributed by atoms with Crippen molar-refractivity contribution in [3.63, 3.8) is 0 Å². The third-order valence-corrected chi connectivity index (χ3v) is 4.66. The van der Waals surface area contributed by atoms with Crippen LogP contribution in [0.3, 0.4) is 0 Å². The first-order valence-electron chi connectivity index (χ1n) is 8.78. The average Bonchev–Trinajstić information content (AvgIpc) is 3.16. The van der Waals surface area contributed by atoms with Crippen molar-refractivity contribution >= 4 is 23.2 Å². The first kappa shape index (κ1) is 17.1. The van der Waals surface area contributed by atoms with Crippen LogP contribution in [0, 0.1) is 0 Å². The monoisotopic (exact) mass is 368 g/mol. The Kier molecular flexibility index (Phi) is 4.53. The Morgan fingerprint density at radius 2 is 1.67 bits per heavy atom. The van der Waals surface area contributed by atoms with Gasteiger partial charge in [0, 0.05) is 44.9 Å². The lowest BCUT2D eigenvalue weighted by Crippen LogP contribution is -2.50. The number of benzene rings is 1. The van der Waals surface area contributed by atoms with Gasteiger partial charge in [0.2, 0.25) is 12.7 Å². The molecule has 2 aliphatic rings. The van der Waals surface area contributed by atoms with Gasteiger partial charge in [0.1, 0.15) is 5.69 Å². The Hall–Kier alpha value is -3.29. The van der Waals surface area contributed by atoms with E-state index in [0.29, 0.717) is 37.6 Å². The summed E-state index contributed by atoms with van der Waals surface area (Å²) in [5.74, 6) is 1.35. The Balaban J connectivity index is 1.39. The summed E-state index contributed by atoms with van der Waals surface area (Å²) >= 11 is 0. The zero-order chi connectivity index (χ0) is 18.8. The molecule has 27 heavy (non-hydrogen) atoms. The number of carbonyl (C=O) groups is 2. The summed E-state index contributed by atoms with van der Waals surface area (Å²) in [5, 5.41) is 3.23. The van der Waals surface area contributed by atoms with Crippen molar-refractivity contribution in [2.45, 2.75) is 6.92 Å². The van der Waals surface area contributed by atoms with Crippen LogP contribution < -0.4 is 14.8 Å². The molecule has 1 aromatic heterocycles. The summed E-state index contributed by atoms with van der Waals surface area (Å²) in [6.07, 6.45) is 1.63. The van der Waals surface area contributed by atoms with E-state index < -0.39 is 0 Å². The third-order valence-electron chi connectivity index (χ3n) is 4.66. The molecule has 140 valence electrons. The van der Waals surface area contributed by atoms with Crippen LogP contribution in [-0.4, -0.2) is 59.6 Å². The van der Waals surface area contributed by atoms with Gasteiger partial charge < -0.3 is 24.6 Å². The summed E-state index contributed by atoms with van der Waals surface area (Å²) < 4.78 is 10.7. The topological polar surface area (TPSA) is 84.0 Å². The second kappa shape index (κ2) is 7.14. The van der Waals surface area contributed by atoms with Gasteiger partial charge in [-0.1, -0.05) is 0 Å². The molecule has 1 N–H and O–H groups in total. The lowest BCUT2D eigenvalue weighted by atomic mass is 10.2. The number of piperazine rings is 1. The van der Waals surface area contributed by atoms with E-state index in [0.717, 1.165) is 17.1 Å². The first-order valence-corrected chi connectivity index (χ1v) is 8.78. The summed E-state index contributed by atoms with van der Waals surface area (Å²) in [7, 11) is 0. The molecule has 1 aromatic carbocycles. The van der Waals surface area contributed by atoms with E-state index in [-0.39, 0.29) is 18.6 Å². The molecular formula is C19H20N4O4. The minimum atomic E-state index is -0.118. The SMILES string of the molecule is CC(=O)N1CCN(C(=O)c2ccc(Nc3ccc4c(c3)OCO4)cn2)CC1. The highest BCUT2D eigenvalue weighted by molar-refractivity contribution is 5.92. The molecule has 0 unspecified atom stereocenters. The quantitative estimate of drug-likeness (QED) is 0.890. The fourth-order valence-electron chi connectivity index (χ4n) is 3.12. The van der Waals surface area contributed by atoms with Crippen LogP contribution >= 0.6 is 0 Å². The van der Waals surface area contributed by atoms with Gasteiger partial charge in [0.15, 0.2) is 11.5 Å². The van der Waals surface area contributed by atoms with Gasteiger partial charge in [0.25, 0.3) is 5.91 Å². The predicted octanol–water partition coefficient (Wildman–Crippen LogP) is 1.86. The highest BCUT2D eigenvalue weighted by Gasteiger charge is 2.24. The Labute approximate surface area is 156 Å². The molecular weight excluding hydrogens is 348 g/mol. The lowest BCUT2D eigenvalue weighted by Gasteiger charge is -2.34. The van der Waals surface area contributed by atoms with Crippen molar-refractivity contribution in [3.8, 4) is 11.5 Å².